The van der Waals surface area contributed by atoms with Crippen molar-refractivity contribution in [2.75, 3.05) is 6.61 Å². The standard InChI is InChI=1S/C29H34O/c1-3-5-6-7-8-9-10-24-11-13-25(14-12-24)15-16-26-17-18-28-23-29(30-21-4-2)20-19-27(28)22-26/h11-14,17-20,22-23H,3-10,21H2,1-2H3. The van der Waals surface area contributed by atoms with Crippen LogP contribution in [-0.2, 0) is 6.42 Å². The minimum atomic E-state index is 0.757. The molecule has 0 N–H and O–H groups in total. The van der Waals surface area contributed by atoms with E-state index >= 15 is 0 Å². The van der Waals surface area contributed by atoms with Crippen molar-refractivity contribution in [3.05, 3.63) is 77.4 Å². The summed E-state index contributed by atoms with van der Waals surface area (Å²) in [5, 5.41) is 2.38. The maximum Gasteiger partial charge on any atom is 0.119 e. The number of fused-ring (bicyclic) bond motifs is 1. The molecule has 0 aromatic heterocycles. The van der Waals surface area contributed by atoms with Crippen LogP contribution in [0.4, 0.5) is 0 Å². The van der Waals surface area contributed by atoms with Gasteiger partial charge in [-0.05, 0) is 72.0 Å². The predicted octanol–water partition coefficient (Wildman–Crippen LogP) is 7.93. The van der Waals surface area contributed by atoms with E-state index in [1.165, 1.54) is 61.3 Å². The van der Waals surface area contributed by atoms with Crippen LogP contribution in [0.2, 0.25) is 0 Å². The summed E-state index contributed by atoms with van der Waals surface area (Å²) in [4.78, 5) is 0. The normalized spacial score (nSPS) is 10.6. The monoisotopic (exact) mass is 398 g/mol. The van der Waals surface area contributed by atoms with Crippen molar-refractivity contribution in [2.45, 2.75) is 65.2 Å². The number of hydrogen-bond donors (Lipinski definition) is 0. The van der Waals surface area contributed by atoms with Crippen molar-refractivity contribution < 1.29 is 4.74 Å². The molecule has 0 saturated carbocycles. The van der Waals surface area contributed by atoms with Gasteiger partial charge in [0.25, 0.3) is 0 Å². The van der Waals surface area contributed by atoms with E-state index in [4.69, 9.17) is 4.74 Å². The van der Waals surface area contributed by atoms with Crippen LogP contribution >= 0.6 is 0 Å². The van der Waals surface area contributed by atoms with Crippen molar-refractivity contribution in [3.63, 3.8) is 0 Å². The quantitative estimate of drug-likeness (QED) is 0.249. The topological polar surface area (TPSA) is 9.23 Å². The van der Waals surface area contributed by atoms with E-state index in [0.29, 0.717) is 0 Å². The van der Waals surface area contributed by atoms with Gasteiger partial charge in [-0.2, -0.15) is 0 Å². The molecule has 0 heterocycles. The predicted molar refractivity (Wildman–Crippen MR) is 129 cm³/mol. The Labute approximate surface area is 182 Å². The van der Waals surface area contributed by atoms with Crippen LogP contribution < -0.4 is 4.74 Å². The zero-order valence-corrected chi connectivity index (χ0v) is 18.5. The van der Waals surface area contributed by atoms with Crippen LogP contribution in [-0.4, -0.2) is 6.61 Å². The van der Waals surface area contributed by atoms with Crippen molar-refractivity contribution in [1.29, 1.82) is 0 Å². The molecule has 0 aliphatic carbocycles. The molecule has 156 valence electrons. The van der Waals surface area contributed by atoms with E-state index in [2.05, 4.69) is 80.3 Å². The molecule has 0 fully saturated rings. The van der Waals surface area contributed by atoms with E-state index < -0.39 is 0 Å². The molecular weight excluding hydrogens is 364 g/mol. The van der Waals surface area contributed by atoms with E-state index in [1.54, 1.807) is 0 Å². The fourth-order valence-electron chi connectivity index (χ4n) is 3.62. The average Bonchev–Trinajstić information content (AvgIpc) is 2.79. The van der Waals surface area contributed by atoms with E-state index in [1.807, 2.05) is 6.07 Å². The smallest absolute Gasteiger partial charge is 0.119 e. The molecular formula is C29H34O. The zero-order chi connectivity index (χ0) is 21.0. The van der Waals surface area contributed by atoms with Gasteiger partial charge in [-0.1, -0.05) is 82.1 Å². The lowest BCUT2D eigenvalue weighted by Gasteiger charge is -2.06. The number of unbranched alkanes of at least 4 members (excludes halogenated alkanes) is 5. The fourth-order valence-corrected chi connectivity index (χ4v) is 3.62. The second kappa shape index (κ2) is 12.1. The highest BCUT2D eigenvalue weighted by Gasteiger charge is 1.99. The molecule has 0 amide bonds. The highest BCUT2D eigenvalue weighted by atomic mass is 16.5. The van der Waals surface area contributed by atoms with Crippen LogP contribution in [0.15, 0.2) is 60.7 Å². The minimum absolute atomic E-state index is 0.757. The lowest BCUT2D eigenvalue weighted by atomic mass is 10.0. The highest BCUT2D eigenvalue weighted by Crippen LogP contribution is 2.22. The summed E-state index contributed by atoms with van der Waals surface area (Å²) in [6.45, 7) is 5.14. The maximum absolute atomic E-state index is 5.73. The van der Waals surface area contributed by atoms with Gasteiger partial charge in [0.05, 0.1) is 6.61 Å². The van der Waals surface area contributed by atoms with Crippen molar-refractivity contribution in [2.24, 2.45) is 0 Å². The lowest BCUT2D eigenvalue weighted by Crippen LogP contribution is -1.94. The number of ether oxygens (including phenoxy) is 1. The Kier molecular flexibility index (Phi) is 8.85. The molecule has 0 bridgehead atoms. The molecule has 0 atom stereocenters. The van der Waals surface area contributed by atoms with Crippen LogP contribution in [0.3, 0.4) is 0 Å². The molecule has 0 aliphatic heterocycles. The highest BCUT2D eigenvalue weighted by molar-refractivity contribution is 5.85. The first-order valence-corrected chi connectivity index (χ1v) is 11.6. The molecule has 0 spiro atoms. The lowest BCUT2D eigenvalue weighted by molar-refractivity contribution is 0.318. The average molecular weight is 399 g/mol. The SMILES string of the molecule is CCCCCCCCc1ccc(C#Cc2ccc3cc(OCCC)ccc3c2)cc1. The molecule has 1 heteroatoms. The van der Waals surface area contributed by atoms with E-state index in [9.17, 15) is 0 Å². The first-order chi connectivity index (χ1) is 14.8. The molecule has 0 saturated heterocycles. The van der Waals surface area contributed by atoms with Crippen molar-refractivity contribution in [1.82, 2.24) is 0 Å². The van der Waals surface area contributed by atoms with Crippen LogP contribution in [0.25, 0.3) is 10.8 Å². The number of aryl methyl sites for hydroxylation is 1. The van der Waals surface area contributed by atoms with Gasteiger partial charge in [-0.3, -0.25) is 0 Å². The Morgan fingerprint density at radius 1 is 0.633 bits per heavy atom. The molecule has 3 aromatic rings. The molecule has 30 heavy (non-hydrogen) atoms. The molecule has 3 rings (SSSR count). The van der Waals surface area contributed by atoms with Crippen molar-refractivity contribution >= 4 is 10.8 Å². The summed E-state index contributed by atoms with van der Waals surface area (Å²) in [6.07, 6.45) is 10.3. The second-order valence-electron chi connectivity index (χ2n) is 8.04. The Morgan fingerprint density at radius 2 is 1.30 bits per heavy atom. The summed E-state index contributed by atoms with van der Waals surface area (Å²) < 4.78 is 5.73. The summed E-state index contributed by atoms with van der Waals surface area (Å²) in [6, 6.07) is 21.4. The number of hydrogen-bond acceptors (Lipinski definition) is 1. The largest absolute Gasteiger partial charge is 0.494 e. The van der Waals surface area contributed by atoms with E-state index in [0.717, 1.165) is 29.9 Å². The van der Waals surface area contributed by atoms with Gasteiger partial charge in [0.2, 0.25) is 0 Å². The van der Waals surface area contributed by atoms with Gasteiger partial charge in [0.15, 0.2) is 0 Å². The first-order valence-electron chi connectivity index (χ1n) is 11.6. The Hall–Kier alpha value is -2.72. The molecule has 1 nitrogen and oxygen atoms in total. The summed E-state index contributed by atoms with van der Waals surface area (Å²) in [5.74, 6) is 7.55. The van der Waals surface area contributed by atoms with Crippen LogP contribution in [0.1, 0.15) is 75.5 Å². The molecule has 0 radical (unpaired) electrons. The van der Waals surface area contributed by atoms with Crippen LogP contribution in [0.5, 0.6) is 5.75 Å². The van der Waals surface area contributed by atoms with Gasteiger partial charge in [0, 0.05) is 11.1 Å². The summed E-state index contributed by atoms with van der Waals surface area (Å²) >= 11 is 0. The minimum Gasteiger partial charge on any atom is -0.494 e. The third-order valence-electron chi connectivity index (χ3n) is 5.41. The van der Waals surface area contributed by atoms with Gasteiger partial charge in [0.1, 0.15) is 5.75 Å². The summed E-state index contributed by atoms with van der Waals surface area (Å²) in [7, 11) is 0. The second-order valence-corrected chi connectivity index (χ2v) is 8.04. The first kappa shape index (κ1) is 22.0. The third kappa shape index (κ3) is 6.96. The van der Waals surface area contributed by atoms with Gasteiger partial charge in [-0.25, -0.2) is 0 Å². The Morgan fingerprint density at radius 3 is 2.10 bits per heavy atom. The van der Waals surface area contributed by atoms with Gasteiger partial charge in [-0.15, -0.1) is 0 Å². The van der Waals surface area contributed by atoms with Gasteiger partial charge < -0.3 is 4.74 Å². The van der Waals surface area contributed by atoms with Crippen molar-refractivity contribution in [3.8, 4) is 17.6 Å². The number of rotatable bonds is 10. The Balaban J connectivity index is 1.56. The van der Waals surface area contributed by atoms with E-state index in [-0.39, 0.29) is 0 Å². The molecule has 3 aromatic carbocycles. The maximum atomic E-state index is 5.73. The number of benzene rings is 3. The van der Waals surface area contributed by atoms with Gasteiger partial charge >= 0.3 is 0 Å². The third-order valence-corrected chi connectivity index (χ3v) is 5.41. The Bertz CT molecular complexity index is 973. The molecule has 0 aliphatic rings. The van der Waals surface area contributed by atoms with Crippen LogP contribution in [0, 0.1) is 11.8 Å². The molecule has 0 unspecified atom stereocenters. The summed E-state index contributed by atoms with van der Waals surface area (Å²) in [5.41, 5.74) is 3.54. The fraction of sp³-hybridized carbons (Fsp3) is 0.379. The zero-order valence-electron chi connectivity index (χ0n) is 18.5.